The van der Waals surface area contributed by atoms with E-state index < -0.39 is 10.8 Å². The van der Waals surface area contributed by atoms with Crippen molar-refractivity contribution in [1.29, 1.82) is 0 Å². The Hall–Kier alpha value is -1.45. The Morgan fingerprint density at radius 2 is 1.63 bits per heavy atom. The van der Waals surface area contributed by atoms with E-state index in [1.54, 1.807) is 7.05 Å². The number of nitrogens with zero attached hydrogens (tertiary/aromatic N) is 2. The highest BCUT2D eigenvalue weighted by molar-refractivity contribution is 14.0. The summed E-state index contributed by atoms with van der Waals surface area (Å²) in [6.45, 7) is 3.86. The molecule has 0 saturated carbocycles. The highest BCUT2D eigenvalue weighted by Gasteiger charge is 2.20. The lowest BCUT2D eigenvalue weighted by Gasteiger charge is -2.33. The van der Waals surface area contributed by atoms with Crippen LogP contribution in [-0.4, -0.2) is 53.5 Å². The Kier molecular flexibility index (Phi) is 11.4. The molecular formula is C23H33IN4OS. The molecule has 0 bridgehead atoms. The van der Waals surface area contributed by atoms with Crippen molar-refractivity contribution >= 4 is 40.7 Å². The summed E-state index contributed by atoms with van der Waals surface area (Å²) < 4.78 is 12.3. The quantitative estimate of drug-likeness (QED) is 0.306. The van der Waals surface area contributed by atoms with Gasteiger partial charge in [0.05, 0.1) is 0 Å². The maximum Gasteiger partial charge on any atom is 0.191 e. The van der Waals surface area contributed by atoms with Crippen molar-refractivity contribution in [3.63, 3.8) is 0 Å². The molecule has 30 heavy (non-hydrogen) atoms. The van der Waals surface area contributed by atoms with Gasteiger partial charge in [0.1, 0.15) is 0 Å². The molecule has 0 amide bonds. The van der Waals surface area contributed by atoms with E-state index in [9.17, 15) is 4.21 Å². The van der Waals surface area contributed by atoms with Crippen LogP contribution in [0.5, 0.6) is 0 Å². The Bertz CT molecular complexity index is 780. The van der Waals surface area contributed by atoms with Gasteiger partial charge in [-0.3, -0.25) is 14.1 Å². The summed E-state index contributed by atoms with van der Waals surface area (Å²) >= 11 is 0. The molecule has 0 aliphatic carbocycles. The zero-order valence-corrected chi connectivity index (χ0v) is 20.8. The summed E-state index contributed by atoms with van der Waals surface area (Å²) in [7, 11) is 0.920. The van der Waals surface area contributed by atoms with Gasteiger partial charge in [0.15, 0.2) is 5.96 Å². The number of hydrogen-bond acceptors (Lipinski definition) is 3. The smallest absolute Gasteiger partial charge is 0.191 e. The zero-order valence-electron chi connectivity index (χ0n) is 17.6. The monoisotopic (exact) mass is 540 g/mol. The lowest BCUT2D eigenvalue weighted by molar-refractivity contribution is 0.198. The van der Waals surface area contributed by atoms with Gasteiger partial charge in [-0.2, -0.15) is 0 Å². The minimum absolute atomic E-state index is 0. The van der Waals surface area contributed by atoms with Crippen molar-refractivity contribution in [3.8, 4) is 0 Å². The van der Waals surface area contributed by atoms with Crippen LogP contribution in [0.3, 0.4) is 0 Å². The van der Waals surface area contributed by atoms with Crippen LogP contribution in [-0.2, 0) is 23.1 Å². The topological polar surface area (TPSA) is 56.7 Å². The first kappa shape index (κ1) is 24.8. The summed E-state index contributed by atoms with van der Waals surface area (Å²) in [4.78, 5) is 6.84. The van der Waals surface area contributed by atoms with Crippen LogP contribution in [0.1, 0.15) is 24.0 Å². The minimum atomic E-state index is -0.872. The van der Waals surface area contributed by atoms with Gasteiger partial charge in [0, 0.05) is 61.6 Å². The summed E-state index contributed by atoms with van der Waals surface area (Å²) in [5.41, 5.74) is 2.50. The molecule has 1 saturated heterocycles. The third kappa shape index (κ3) is 8.73. The largest absolute Gasteiger partial charge is 0.355 e. The molecule has 2 aromatic carbocycles. The van der Waals surface area contributed by atoms with E-state index in [1.807, 2.05) is 30.3 Å². The maximum atomic E-state index is 12.3. The fraction of sp³-hybridized carbons (Fsp3) is 0.435. The Balaban J connectivity index is 0.00000320. The lowest BCUT2D eigenvalue weighted by Crippen LogP contribution is -2.49. The molecule has 2 N–H and O–H groups in total. The highest BCUT2D eigenvalue weighted by Crippen LogP contribution is 2.13. The molecule has 164 valence electrons. The van der Waals surface area contributed by atoms with Crippen molar-refractivity contribution < 1.29 is 4.21 Å². The first-order valence-electron chi connectivity index (χ1n) is 10.4. The van der Waals surface area contributed by atoms with Crippen molar-refractivity contribution in [1.82, 2.24) is 15.5 Å². The number of likely N-dealkylation sites (tertiary alicyclic amines) is 1. The van der Waals surface area contributed by atoms with Crippen molar-refractivity contribution in [2.45, 2.75) is 31.2 Å². The summed E-state index contributed by atoms with van der Waals surface area (Å²) in [5.74, 6) is 2.03. The minimum Gasteiger partial charge on any atom is -0.355 e. The second-order valence-electron chi connectivity index (χ2n) is 7.45. The number of piperidine rings is 1. The molecule has 1 heterocycles. The van der Waals surface area contributed by atoms with Crippen molar-refractivity contribution in [3.05, 3.63) is 71.8 Å². The standard InChI is InChI=1S/C23H32N4OS.HI/c1-24-23(25-14-17-29(28)19-21-10-6-3-7-11-21)26-22-12-15-27(16-13-22)18-20-8-4-2-5-9-20;/h2-11,22H,12-19H2,1H3,(H2,24,25,26);1H. The number of halogens is 1. The summed E-state index contributed by atoms with van der Waals surface area (Å²) in [5, 5.41) is 6.84. The summed E-state index contributed by atoms with van der Waals surface area (Å²) in [6, 6.07) is 21.1. The zero-order chi connectivity index (χ0) is 20.3. The third-order valence-corrected chi connectivity index (χ3v) is 6.51. The molecule has 1 unspecified atom stereocenters. The number of guanidine groups is 1. The van der Waals surface area contributed by atoms with Gasteiger partial charge in [-0.15, -0.1) is 24.0 Å². The normalized spacial score (nSPS) is 16.5. The number of nitrogens with one attached hydrogen (secondary N) is 2. The second kappa shape index (κ2) is 13.8. The van der Waals surface area contributed by atoms with Gasteiger partial charge in [-0.05, 0) is 24.0 Å². The first-order valence-corrected chi connectivity index (χ1v) is 11.8. The van der Waals surface area contributed by atoms with Crippen molar-refractivity contribution in [2.24, 2.45) is 4.99 Å². The van der Waals surface area contributed by atoms with Crippen LogP contribution < -0.4 is 10.6 Å². The SMILES string of the molecule is CN=C(NCCS(=O)Cc1ccccc1)NC1CCN(Cc2ccccc2)CC1.I. The van der Waals surface area contributed by atoms with Crippen LogP contribution in [0.15, 0.2) is 65.7 Å². The number of benzene rings is 2. The molecule has 1 fully saturated rings. The molecule has 0 spiro atoms. The van der Waals surface area contributed by atoms with Crippen LogP contribution >= 0.6 is 24.0 Å². The number of aliphatic imine (C=N–C) groups is 1. The molecule has 1 atom stereocenters. The van der Waals surface area contributed by atoms with E-state index in [0.29, 0.717) is 24.1 Å². The van der Waals surface area contributed by atoms with Gasteiger partial charge >= 0.3 is 0 Å². The molecule has 1 aliphatic rings. The van der Waals surface area contributed by atoms with Gasteiger partial charge in [-0.25, -0.2) is 0 Å². The predicted octanol–water partition coefficient (Wildman–Crippen LogP) is 3.38. The summed E-state index contributed by atoms with van der Waals surface area (Å²) in [6.07, 6.45) is 2.21. The van der Waals surface area contributed by atoms with Gasteiger partial charge in [0.25, 0.3) is 0 Å². The van der Waals surface area contributed by atoms with Gasteiger partial charge in [0.2, 0.25) is 0 Å². The molecule has 5 nitrogen and oxygen atoms in total. The van der Waals surface area contributed by atoms with Crippen LogP contribution in [0.2, 0.25) is 0 Å². The van der Waals surface area contributed by atoms with Crippen LogP contribution in [0, 0.1) is 0 Å². The average molecular weight is 541 g/mol. The predicted molar refractivity (Wildman–Crippen MR) is 138 cm³/mol. The van der Waals surface area contributed by atoms with E-state index in [2.05, 4.69) is 50.9 Å². The van der Waals surface area contributed by atoms with E-state index in [-0.39, 0.29) is 24.0 Å². The van der Waals surface area contributed by atoms with Crippen LogP contribution in [0.25, 0.3) is 0 Å². The Morgan fingerprint density at radius 3 is 2.23 bits per heavy atom. The fourth-order valence-corrected chi connectivity index (χ4v) is 4.62. The van der Waals surface area contributed by atoms with E-state index in [4.69, 9.17) is 0 Å². The van der Waals surface area contributed by atoms with Gasteiger partial charge < -0.3 is 10.6 Å². The van der Waals surface area contributed by atoms with E-state index >= 15 is 0 Å². The van der Waals surface area contributed by atoms with Gasteiger partial charge in [-0.1, -0.05) is 60.7 Å². The Morgan fingerprint density at radius 1 is 1.03 bits per heavy atom. The van der Waals surface area contributed by atoms with E-state index in [1.165, 1.54) is 5.56 Å². The molecule has 0 aromatic heterocycles. The van der Waals surface area contributed by atoms with Crippen molar-refractivity contribution in [2.75, 3.05) is 32.4 Å². The highest BCUT2D eigenvalue weighted by atomic mass is 127. The molecular weight excluding hydrogens is 507 g/mol. The molecule has 0 radical (unpaired) electrons. The number of rotatable bonds is 8. The Labute approximate surface area is 200 Å². The first-order chi connectivity index (χ1) is 14.2. The molecule has 2 aromatic rings. The molecule has 1 aliphatic heterocycles. The van der Waals surface area contributed by atoms with Crippen LogP contribution in [0.4, 0.5) is 0 Å². The lowest BCUT2D eigenvalue weighted by atomic mass is 10.0. The number of hydrogen-bond donors (Lipinski definition) is 2. The van der Waals surface area contributed by atoms with E-state index in [0.717, 1.165) is 44.0 Å². The third-order valence-electron chi connectivity index (χ3n) is 5.19. The molecule has 7 heteroatoms. The molecule has 3 rings (SSSR count). The maximum absolute atomic E-state index is 12.3. The fourth-order valence-electron chi connectivity index (χ4n) is 3.58. The second-order valence-corrected chi connectivity index (χ2v) is 9.03. The average Bonchev–Trinajstić information content (AvgIpc) is 2.76.